The van der Waals surface area contributed by atoms with E-state index in [9.17, 15) is 5.11 Å². The molecular formula is C12H10N2O2. The van der Waals surface area contributed by atoms with E-state index in [4.69, 9.17) is 4.42 Å². The number of fused-ring (bicyclic) bond motifs is 1. The molecule has 3 rings (SSSR count). The Kier molecular flexibility index (Phi) is 1.77. The molecule has 0 aliphatic carbocycles. The second kappa shape index (κ2) is 3.13. The van der Waals surface area contributed by atoms with Gasteiger partial charge in [0.2, 0.25) is 0 Å². The van der Waals surface area contributed by atoms with Crippen molar-refractivity contribution < 1.29 is 9.52 Å². The first-order valence-electron chi connectivity index (χ1n) is 4.95. The Hall–Kier alpha value is -2.23. The topological polar surface area (TPSA) is 51.2 Å². The fourth-order valence-corrected chi connectivity index (χ4v) is 1.80. The van der Waals surface area contributed by atoms with E-state index in [0.29, 0.717) is 0 Å². The van der Waals surface area contributed by atoms with Gasteiger partial charge in [-0.15, -0.1) is 0 Å². The van der Waals surface area contributed by atoms with Crippen LogP contribution in [0.25, 0.3) is 22.6 Å². The van der Waals surface area contributed by atoms with Gasteiger partial charge in [0.15, 0.2) is 11.6 Å². The molecule has 0 bridgehead atoms. The van der Waals surface area contributed by atoms with Gasteiger partial charge in [0, 0.05) is 13.1 Å². The van der Waals surface area contributed by atoms with Crippen molar-refractivity contribution in [3.05, 3.63) is 36.6 Å². The number of benzene rings is 1. The van der Waals surface area contributed by atoms with Gasteiger partial charge in [-0.3, -0.25) is 0 Å². The number of aryl methyl sites for hydroxylation is 1. The van der Waals surface area contributed by atoms with Gasteiger partial charge in [0.1, 0.15) is 5.75 Å². The van der Waals surface area contributed by atoms with Crippen molar-refractivity contribution in [3.8, 4) is 17.3 Å². The van der Waals surface area contributed by atoms with Gasteiger partial charge in [0.05, 0.1) is 17.3 Å². The van der Waals surface area contributed by atoms with Crippen molar-refractivity contribution in [2.45, 2.75) is 0 Å². The van der Waals surface area contributed by atoms with E-state index in [1.165, 1.54) is 0 Å². The predicted molar refractivity (Wildman–Crippen MR) is 60.1 cm³/mol. The largest absolute Gasteiger partial charge is 0.508 e. The first-order chi connectivity index (χ1) is 7.75. The molecule has 0 saturated carbocycles. The zero-order valence-corrected chi connectivity index (χ0v) is 8.71. The monoisotopic (exact) mass is 214 g/mol. The molecule has 0 radical (unpaired) electrons. The zero-order valence-electron chi connectivity index (χ0n) is 8.71. The highest BCUT2D eigenvalue weighted by Gasteiger charge is 2.11. The molecule has 4 heteroatoms. The lowest BCUT2D eigenvalue weighted by Gasteiger charge is -1.98. The summed E-state index contributed by atoms with van der Waals surface area (Å²) in [6.45, 7) is 0. The maximum atomic E-state index is 9.43. The Morgan fingerprint density at radius 3 is 2.94 bits per heavy atom. The molecule has 3 aromatic rings. The highest BCUT2D eigenvalue weighted by molar-refractivity contribution is 5.81. The third kappa shape index (κ3) is 1.20. The number of phenols is 1. The van der Waals surface area contributed by atoms with Crippen LogP contribution in [0.2, 0.25) is 0 Å². The van der Waals surface area contributed by atoms with Gasteiger partial charge in [-0.2, -0.15) is 0 Å². The number of hydrogen-bond donors (Lipinski definition) is 1. The van der Waals surface area contributed by atoms with Gasteiger partial charge in [0.25, 0.3) is 0 Å². The lowest BCUT2D eigenvalue weighted by molar-refractivity contribution is 0.476. The Labute approximate surface area is 91.8 Å². The summed E-state index contributed by atoms with van der Waals surface area (Å²) in [5.74, 6) is 1.71. The molecule has 0 amide bonds. The minimum absolute atomic E-state index is 0.237. The van der Waals surface area contributed by atoms with Crippen LogP contribution in [0.4, 0.5) is 0 Å². The van der Waals surface area contributed by atoms with E-state index in [1.807, 2.05) is 23.7 Å². The molecule has 16 heavy (non-hydrogen) atoms. The number of hydrogen-bond acceptors (Lipinski definition) is 3. The summed E-state index contributed by atoms with van der Waals surface area (Å²) >= 11 is 0. The molecular weight excluding hydrogens is 204 g/mol. The van der Waals surface area contributed by atoms with Crippen LogP contribution >= 0.6 is 0 Å². The van der Waals surface area contributed by atoms with Crippen molar-refractivity contribution in [1.82, 2.24) is 9.55 Å². The van der Waals surface area contributed by atoms with Crippen LogP contribution in [0, 0.1) is 0 Å². The van der Waals surface area contributed by atoms with Crippen LogP contribution in [-0.2, 0) is 7.05 Å². The maximum absolute atomic E-state index is 9.43. The average molecular weight is 214 g/mol. The molecule has 0 atom stereocenters. The van der Waals surface area contributed by atoms with Crippen molar-refractivity contribution in [2.75, 3.05) is 0 Å². The van der Waals surface area contributed by atoms with Crippen LogP contribution < -0.4 is 0 Å². The smallest absolute Gasteiger partial charge is 0.176 e. The summed E-state index contributed by atoms with van der Waals surface area (Å²) in [4.78, 5) is 4.45. The van der Waals surface area contributed by atoms with E-state index in [2.05, 4.69) is 4.98 Å². The minimum Gasteiger partial charge on any atom is -0.508 e. The van der Waals surface area contributed by atoms with Gasteiger partial charge in [-0.05, 0) is 24.3 Å². The maximum Gasteiger partial charge on any atom is 0.176 e. The molecule has 0 unspecified atom stereocenters. The first-order valence-corrected chi connectivity index (χ1v) is 4.95. The summed E-state index contributed by atoms with van der Waals surface area (Å²) < 4.78 is 7.21. The molecule has 0 fully saturated rings. The fourth-order valence-electron chi connectivity index (χ4n) is 1.80. The normalized spacial score (nSPS) is 11.1. The van der Waals surface area contributed by atoms with Crippen molar-refractivity contribution >= 4 is 11.0 Å². The molecule has 0 spiro atoms. The second-order valence-electron chi connectivity index (χ2n) is 3.64. The van der Waals surface area contributed by atoms with Crippen LogP contribution in [0.3, 0.4) is 0 Å². The van der Waals surface area contributed by atoms with Crippen molar-refractivity contribution in [1.29, 1.82) is 0 Å². The number of imidazole rings is 1. The van der Waals surface area contributed by atoms with Crippen LogP contribution in [0.1, 0.15) is 0 Å². The molecule has 2 heterocycles. The lowest BCUT2D eigenvalue weighted by Crippen LogP contribution is -1.90. The van der Waals surface area contributed by atoms with Gasteiger partial charge < -0.3 is 14.1 Å². The highest BCUT2D eigenvalue weighted by Crippen LogP contribution is 2.26. The fraction of sp³-hybridized carbons (Fsp3) is 0.0833. The molecule has 0 saturated heterocycles. The Balaban J connectivity index is 2.32. The van der Waals surface area contributed by atoms with Crippen LogP contribution in [0.15, 0.2) is 41.0 Å². The quantitative estimate of drug-likeness (QED) is 0.677. The second-order valence-corrected chi connectivity index (χ2v) is 3.64. The van der Waals surface area contributed by atoms with Gasteiger partial charge >= 0.3 is 0 Å². The zero-order chi connectivity index (χ0) is 11.1. The molecule has 0 aliphatic rings. The number of furan rings is 1. The summed E-state index contributed by atoms with van der Waals surface area (Å²) in [7, 11) is 1.90. The van der Waals surface area contributed by atoms with E-state index >= 15 is 0 Å². The molecule has 1 N–H and O–H groups in total. The Morgan fingerprint density at radius 1 is 1.31 bits per heavy atom. The number of aromatic nitrogens is 2. The summed E-state index contributed by atoms with van der Waals surface area (Å²) in [6.07, 6.45) is 1.62. The number of rotatable bonds is 1. The van der Waals surface area contributed by atoms with E-state index in [-0.39, 0.29) is 5.75 Å². The van der Waals surface area contributed by atoms with E-state index in [0.717, 1.165) is 22.6 Å². The number of phenolic OH excluding ortho intramolecular Hbond substituents is 1. The summed E-state index contributed by atoms with van der Waals surface area (Å²) in [5, 5.41) is 9.43. The minimum atomic E-state index is 0.237. The number of aromatic hydroxyl groups is 1. The number of nitrogens with zero attached hydrogens (tertiary/aromatic N) is 2. The van der Waals surface area contributed by atoms with Gasteiger partial charge in [-0.1, -0.05) is 0 Å². The molecule has 0 aliphatic heterocycles. The standard InChI is InChI=1S/C12H10N2O2/c1-14-10-7-8(15)4-5-9(10)13-12(14)11-3-2-6-16-11/h2-7,15H,1H3. The van der Waals surface area contributed by atoms with E-state index in [1.54, 1.807) is 24.5 Å². The lowest BCUT2D eigenvalue weighted by atomic mass is 10.3. The molecule has 1 aromatic carbocycles. The van der Waals surface area contributed by atoms with Crippen molar-refractivity contribution in [2.24, 2.45) is 7.05 Å². The highest BCUT2D eigenvalue weighted by atomic mass is 16.3. The van der Waals surface area contributed by atoms with Crippen LogP contribution in [-0.4, -0.2) is 14.7 Å². The third-order valence-electron chi connectivity index (χ3n) is 2.61. The molecule has 4 nitrogen and oxygen atoms in total. The molecule has 2 aromatic heterocycles. The van der Waals surface area contributed by atoms with Crippen LogP contribution in [0.5, 0.6) is 5.75 Å². The first kappa shape index (κ1) is 9.03. The Bertz CT molecular complexity index is 638. The summed E-state index contributed by atoms with van der Waals surface area (Å²) in [6, 6.07) is 8.79. The third-order valence-corrected chi connectivity index (χ3v) is 2.61. The predicted octanol–water partition coefficient (Wildman–Crippen LogP) is 2.54. The van der Waals surface area contributed by atoms with Crippen molar-refractivity contribution in [3.63, 3.8) is 0 Å². The average Bonchev–Trinajstić information content (AvgIpc) is 2.87. The van der Waals surface area contributed by atoms with E-state index < -0.39 is 0 Å². The molecule has 80 valence electrons. The SMILES string of the molecule is Cn1c(-c2ccco2)nc2ccc(O)cc21. The Morgan fingerprint density at radius 2 is 2.19 bits per heavy atom. The summed E-state index contributed by atoms with van der Waals surface area (Å²) in [5.41, 5.74) is 1.72. The van der Waals surface area contributed by atoms with Gasteiger partial charge in [-0.25, -0.2) is 4.98 Å².